The van der Waals surface area contributed by atoms with Crippen molar-refractivity contribution in [2.75, 3.05) is 12.8 Å². The maximum Gasteiger partial charge on any atom is 0.192 e. The standard InChI is InChI=1S/C9H10ClNOS/c1-5-3-4-6(11)8(10)7(5)9(13)12-2/h3-4H,11H2,1-2H3. The number of benzene rings is 1. The molecule has 0 aromatic heterocycles. The number of halogens is 1. The average Bonchev–Trinajstić information content (AvgIpc) is 2.12. The van der Waals surface area contributed by atoms with Crippen LogP contribution in [0.5, 0.6) is 0 Å². The minimum absolute atomic E-state index is 0.370. The monoisotopic (exact) mass is 215 g/mol. The zero-order valence-corrected chi connectivity index (χ0v) is 9.00. The summed E-state index contributed by atoms with van der Waals surface area (Å²) in [5.41, 5.74) is 7.82. The Balaban J connectivity index is 3.33. The van der Waals surface area contributed by atoms with Crippen molar-refractivity contribution in [1.29, 1.82) is 0 Å². The lowest BCUT2D eigenvalue weighted by molar-refractivity contribution is 0.415. The molecule has 2 N–H and O–H groups in total. The Morgan fingerprint density at radius 2 is 2.15 bits per heavy atom. The molecule has 1 aromatic carbocycles. The first-order chi connectivity index (χ1) is 6.07. The summed E-state index contributed by atoms with van der Waals surface area (Å²) in [6.07, 6.45) is 0. The Labute approximate surface area is 87.6 Å². The van der Waals surface area contributed by atoms with Gasteiger partial charge >= 0.3 is 0 Å². The molecule has 0 saturated heterocycles. The highest BCUT2D eigenvalue weighted by atomic mass is 35.5. The molecule has 0 spiro atoms. The summed E-state index contributed by atoms with van der Waals surface area (Å²) in [6.45, 7) is 1.91. The first kappa shape index (κ1) is 10.3. The highest BCUT2D eigenvalue weighted by Gasteiger charge is 2.12. The SMILES string of the molecule is COC(=S)c1c(C)ccc(N)c1Cl. The van der Waals surface area contributed by atoms with Gasteiger partial charge in [-0.15, -0.1) is 0 Å². The van der Waals surface area contributed by atoms with Crippen LogP contribution in [0.3, 0.4) is 0 Å². The van der Waals surface area contributed by atoms with Gasteiger partial charge in [0.25, 0.3) is 0 Å². The summed E-state index contributed by atoms with van der Waals surface area (Å²) in [5.74, 6) is 0. The second kappa shape index (κ2) is 3.94. The number of rotatable bonds is 1. The molecule has 13 heavy (non-hydrogen) atoms. The number of nitrogens with two attached hydrogens (primary N) is 1. The molecule has 0 heterocycles. The number of hydrogen-bond donors (Lipinski definition) is 1. The Bertz CT molecular complexity index is 352. The summed E-state index contributed by atoms with van der Waals surface area (Å²) in [6, 6.07) is 3.61. The normalized spacial score (nSPS) is 9.77. The molecule has 70 valence electrons. The molecule has 4 heteroatoms. The van der Waals surface area contributed by atoms with Gasteiger partial charge in [-0.3, -0.25) is 0 Å². The summed E-state index contributed by atoms with van der Waals surface area (Å²) in [5, 5.41) is 0.835. The van der Waals surface area contributed by atoms with E-state index >= 15 is 0 Å². The van der Waals surface area contributed by atoms with E-state index in [0.29, 0.717) is 21.3 Å². The van der Waals surface area contributed by atoms with E-state index in [-0.39, 0.29) is 0 Å². The van der Waals surface area contributed by atoms with E-state index in [1.54, 1.807) is 6.07 Å². The van der Waals surface area contributed by atoms with Crippen molar-refractivity contribution in [2.45, 2.75) is 6.92 Å². The molecule has 0 saturated carbocycles. The molecule has 0 unspecified atom stereocenters. The molecule has 0 aliphatic rings. The number of aryl methyl sites for hydroxylation is 1. The predicted octanol–water partition coefficient (Wildman–Crippen LogP) is 2.55. The molecule has 2 nitrogen and oxygen atoms in total. The molecular weight excluding hydrogens is 206 g/mol. The van der Waals surface area contributed by atoms with Crippen LogP contribution >= 0.6 is 23.8 Å². The van der Waals surface area contributed by atoms with E-state index in [4.69, 9.17) is 34.3 Å². The largest absolute Gasteiger partial charge is 0.486 e. The summed E-state index contributed by atoms with van der Waals surface area (Å²) >= 11 is 11.0. The van der Waals surface area contributed by atoms with Crippen molar-refractivity contribution in [1.82, 2.24) is 0 Å². The van der Waals surface area contributed by atoms with Crippen LogP contribution in [0.1, 0.15) is 11.1 Å². The molecule has 1 aromatic rings. The third-order valence-electron chi connectivity index (χ3n) is 1.77. The number of hydrogen-bond acceptors (Lipinski definition) is 3. The fourth-order valence-corrected chi connectivity index (χ4v) is 1.66. The van der Waals surface area contributed by atoms with Gasteiger partial charge in [-0.2, -0.15) is 0 Å². The smallest absolute Gasteiger partial charge is 0.192 e. The van der Waals surface area contributed by atoms with Gasteiger partial charge in [0.1, 0.15) is 0 Å². The Morgan fingerprint density at radius 1 is 1.54 bits per heavy atom. The van der Waals surface area contributed by atoms with Gasteiger partial charge < -0.3 is 10.5 Å². The molecule has 0 fully saturated rings. The van der Waals surface area contributed by atoms with Crippen LogP contribution in [0.2, 0.25) is 5.02 Å². The number of ether oxygens (including phenoxy) is 1. The highest BCUT2D eigenvalue weighted by Crippen LogP contribution is 2.27. The van der Waals surface area contributed by atoms with Gasteiger partial charge in [0, 0.05) is 0 Å². The van der Waals surface area contributed by atoms with Crippen molar-refractivity contribution < 1.29 is 4.74 Å². The topological polar surface area (TPSA) is 35.2 Å². The molecule has 0 aliphatic heterocycles. The van der Waals surface area contributed by atoms with Crippen LogP contribution < -0.4 is 5.73 Å². The van der Waals surface area contributed by atoms with Crippen molar-refractivity contribution in [2.24, 2.45) is 0 Å². The maximum absolute atomic E-state index is 5.98. The van der Waals surface area contributed by atoms with Crippen LogP contribution in [0.25, 0.3) is 0 Å². The van der Waals surface area contributed by atoms with Crippen molar-refractivity contribution in [3.63, 3.8) is 0 Å². The molecule has 0 atom stereocenters. The minimum Gasteiger partial charge on any atom is -0.486 e. The molecular formula is C9H10ClNOS. The second-order valence-electron chi connectivity index (χ2n) is 2.65. The average molecular weight is 216 g/mol. The first-order valence-electron chi connectivity index (χ1n) is 3.70. The first-order valence-corrected chi connectivity index (χ1v) is 4.49. The highest BCUT2D eigenvalue weighted by molar-refractivity contribution is 7.80. The molecule has 0 bridgehead atoms. The van der Waals surface area contributed by atoms with E-state index < -0.39 is 0 Å². The van der Waals surface area contributed by atoms with Gasteiger partial charge in [0.15, 0.2) is 5.05 Å². The Morgan fingerprint density at radius 3 is 2.69 bits per heavy atom. The summed E-state index contributed by atoms with van der Waals surface area (Å²) < 4.78 is 4.94. The van der Waals surface area contributed by atoms with Gasteiger partial charge in [0.05, 0.1) is 23.4 Å². The molecule has 0 amide bonds. The van der Waals surface area contributed by atoms with Crippen LogP contribution in [-0.2, 0) is 4.74 Å². The van der Waals surface area contributed by atoms with E-state index in [0.717, 1.165) is 5.56 Å². The Hall–Kier alpha value is -0.800. The van der Waals surface area contributed by atoms with Crippen LogP contribution in [0.4, 0.5) is 5.69 Å². The number of thiocarbonyl (C=S) groups is 1. The van der Waals surface area contributed by atoms with Gasteiger partial charge in [-0.1, -0.05) is 17.7 Å². The quantitative estimate of drug-likeness (QED) is 0.578. The zero-order valence-electron chi connectivity index (χ0n) is 7.43. The number of anilines is 1. The van der Waals surface area contributed by atoms with Crippen molar-refractivity contribution in [3.05, 3.63) is 28.3 Å². The number of nitrogen functional groups attached to an aromatic ring is 1. The van der Waals surface area contributed by atoms with E-state index in [9.17, 15) is 0 Å². The minimum atomic E-state index is 0.370. The lowest BCUT2D eigenvalue weighted by Crippen LogP contribution is -2.05. The van der Waals surface area contributed by atoms with Crippen molar-refractivity contribution >= 4 is 34.6 Å². The van der Waals surface area contributed by atoms with Gasteiger partial charge in [0.2, 0.25) is 0 Å². The van der Waals surface area contributed by atoms with E-state index in [1.165, 1.54) is 7.11 Å². The van der Waals surface area contributed by atoms with Crippen LogP contribution in [-0.4, -0.2) is 12.2 Å². The fraction of sp³-hybridized carbons (Fsp3) is 0.222. The molecule has 0 aliphatic carbocycles. The third-order valence-corrected chi connectivity index (χ3v) is 2.55. The lowest BCUT2D eigenvalue weighted by atomic mass is 10.1. The van der Waals surface area contributed by atoms with E-state index in [2.05, 4.69) is 0 Å². The molecule has 1 rings (SSSR count). The zero-order chi connectivity index (χ0) is 10.0. The second-order valence-corrected chi connectivity index (χ2v) is 3.40. The maximum atomic E-state index is 5.98. The molecule has 0 radical (unpaired) electrons. The van der Waals surface area contributed by atoms with E-state index in [1.807, 2.05) is 13.0 Å². The third kappa shape index (κ3) is 1.92. The fourth-order valence-electron chi connectivity index (χ4n) is 1.04. The van der Waals surface area contributed by atoms with Crippen LogP contribution in [0.15, 0.2) is 12.1 Å². The van der Waals surface area contributed by atoms with Gasteiger partial charge in [-0.25, -0.2) is 0 Å². The predicted molar refractivity (Wildman–Crippen MR) is 59.3 cm³/mol. The number of methoxy groups -OCH3 is 1. The Kier molecular flexibility index (Phi) is 3.12. The summed E-state index contributed by atoms with van der Waals surface area (Å²) in [4.78, 5) is 0. The van der Waals surface area contributed by atoms with Gasteiger partial charge in [-0.05, 0) is 30.8 Å². The van der Waals surface area contributed by atoms with Crippen LogP contribution in [0, 0.1) is 6.92 Å². The van der Waals surface area contributed by atoms with Crippen molar-refractivity contribution in [3.8, 4) is 0 Å². The lowest BCUT2D eigenvalue weighted by Gasteiger charge is -2.09. The summed E-state index contributed by atoms with van der Waals surface area (Å²) in [7, 11) is 1.52.